The SMILES string of the molecule is OCc1ccccc1Cc1c[nH]c2ccc(Br)cc12. The summed E-state index contributed by atoms with van der Waals surface area (Å²) in [6.07, 6.45) is 2.87. The van der Waals surface area contributed by atoms with Crippen LogP contribution in [0.4, 0.5) is 0 Å². The molecule has 0 amide bonds. The summed E-state index contributed by atoms with van der Waals surface area (Å²) in [5.41, 5.74) is 4.55. The number of H-pyrrole nitrogens is 1. The van der Waals surface area contributed by atoms with Gasteiger partial charge >= 0.3 is 0 Å². The molecule has 1 heterocycles. The molecule has 2 N–H and O–H groups in total. The van der Waals surface area contributed by atoms with Gasteiger partial charge in [-0.1, -0.05) is 40.2 Å². The summed E-state index contributed by atoms with van der Waals surface area (Å²) >= 11 is 3.51. The first-order chi connectivity index (χ1) is 9.28. The van der Waals surface area contributed by atoms with Crippen molar-refractivity contribution in [2.75, 3.05) is 0 Å². The van der Waals surface area contributed by atoms with E-state index in [1.165, 1.54) is 16.5 Å². The predicted octanol–water partition coefficient (Wildman–Crippen LogP) is 4.01. The fraction of sp³-hybridized carbons (Fsp3) is 0.125. The number of benzene rings is 2. The highest BCUT2D eigenvalue weighted by molar-refractivity contribution is 9.10. The van der Waals surface area contributed by atoms with Gasteiger partial charge in [0.1, 0.15) is 0 Å². The predicted molar refractivity (Wildman–Crippen MR) is 81.2 cm³/mol. The quantitative estimate of drug-likeness (QED) is 0.752. The van der Waals surface area contributed by atoms with Crippen LogP contribution in [0.25, 0.3) is 10.9 Å². The van der Waals surface area contributed by atoms with Crippen molar-refractivity contribution >= 4 is 26.8 Å². The zero-order chi connectivity index (χ0) is 13.2. The Hall–Kier alpha value is -1.58. The van der Waals surface area contributed by atoms with Crippen molar-refractivity contribution < 1.29 is 5.11 Å². The van der Waals surface area contributed by atoms with E-state index in [1.54, 1.807) is 0 Å². The minimum Gasteiger partial charge on any atom is -0.392 e. The van der Waals surface area contributed by atoms with Crippen molar-refractivity contribution in [1.82, 2.24) is 4.98 Å². The third kappa shape index (κ3) is 2.44. The maximum absolute atomic E-state index is 9.39. The Morgan fingerprint density at radius 3 is 2.58 bits per heavy atom. The highest BCUT2D eigenvalue weighted by Gasteiger charge is 2.07. The molecule has 0 saturated carbocycles. The van der Waals surface area contributed by atoms with Crippen LogP contribution in [0.5, 0.6) is 0 Å². The molecule has 96 valence electrons. The van der Waals surface area contributed by atoms with Crippen LogP contribution in [0.3, 0.4) is 0 Å². The average molecular weight is 316 g/mol. The number of nitrogens with one attached hydrogen (secondary N) is 1. The smallest absolute Gasteiger partial charge is 0.0684 e. The molecule has 0 unspecified atom stereocenters. The summed E-state index contributed by atoms with van der Waals surface area (Å²) < 4.78 is 1.08. The van der Waals surface area contributed by atoms with E-state index in [0.717, 1.165) is 22.0 Å². The van der Waals surface area contributed by atoms with Crippen LogP contribution in [0.15, 0.2) is 53.1 Å². The van der Waals surface area contributed by atoms with Crippen LogP contribution >= 0.6 is 15.9 Å². The molecule has 3 rings (SSSR count). The summed E-state index contributed by atoms with van der Waals surface area (Å²) in [4.78, 5) is 3.29. The van der Waals surface area contributed by atoms with Crippen LogP contribution in [0.2, 0.25) is 0 Å². The van der Waals surface area contributed by atoms with Crippen molar-refractivity contribution in [3.63, 3.8) is 0 Å². The lowest BCUT2D eigenvalue weighted by atomic mass is 10.00. The lowest BCUT2D eigenvalue weighted by Crippen LogP contribution is -1.94. The van der Waals surface area contributed by atoms with Crippen molar-refractivity contribution in [2.45, 2.75) is 13.0 Å². The van der Waals surface area contributed by atoms with Crippen molar-refractivity contribution in [3.8, 4) is 0 Å². The molecular formula is C16H14BrNO. The highest BCUT2D eigenvalue weighted by atomic mass is 79.9. The Balaban J connectivity index is 2.03. The first kappa shape index (κ1) is 12.5. The summed E-state index contributed by atoms with van der Waals surface area (Å²) in [5.74, 6) is 0. The topological polar surface area (TPSA) is 36.0 Å². The molecule has 0 saturated heterocycles. The number of aromatic amines is 1. The minimum absolute atomic E-state index is 0.0855. The fourth-order valence-corrected chi connectivity index (χ4v) is 2.75. The largest absolute Gasteiger partial charge is 0.392 e. The number of halogens is 1. The van der Waals surface area contributed by atoms with Gasteiger partial charge in [-0.05, 0) is 41.3 Å². The van der Waals surface area contributed by atoms with E-state index in [1.807, 2.05) is 30.5 Å². The second-order valence-corrected chi connectivity index (χ2v) is 5.52. The number of hydrogen-bond donors (Lipinski definition) is 2. The van der Waals surface area contributed by atoms with Gasteiger partial charge in [0, 0.05) is 21.6 Å². The third-order valence-electron chi connectivity index (χ3n) is 3.40. The molecule has 19 heavy (non-hydrogen) atoms. The van der Waals surface area contributed by atoms with E-state index in [9.17, 15) is 5.11 Å². The molecule has 0 aliphatic carbocycles. The second kappa shape index (κ2) is 5.19. The van der Waals surface area contributed by atoms with Crippen LogP contribution < -0.4 is 0 Å². The van der Waals surface area contributed by atoms with Crippen molar-refractivity contribution in [3.05, 3.63) is 69.8 Å². The Labute approximate surface area is 120 Å². The van der Waals surface area contributed by atoms with Gasteiger partial charge in [-0.3, -0.25) is 0 Å². The first-order valence-electron chi connectivity index (χ1n) is 6.21. The second-order valence-electron chi connectivity index (χ2n) is 4.61. The molecule has 0 bridgehead atoms. The monoisotopic (exact) mass is 315 g/mol. The van der Waals surface area contributed by atoms with Crippen LogP contribution in [0, 0.1) is 0 Å². The number of rotatable bonds is 3. The molecule has 0 aliphatic heterocycles. The lowest BCUT2D eigenvalue weighted by molar-refractivity contribution is 0.281. The van der Waals surface area contributed by atoms with Crippen LogP contribution in [0.1, 0.15) is 16.7 Å². The number of aliphatic hydroxyl groups excluding tert-OH is 1. The summed E-state index contributed by atoms with van der Waals surface area (Å²) in [6.45, 7) is 0.0855. The standard InChI is InChI=1S/C16H14BrNO/c17-14-5-6-16-15(8-14)13(9-18-16)7-11-3-1-2-4-12(11)10-19/h1-6,8-9,18-19H,7,10H2. The molecule has 0 spiro atoms. The van der Waals surface area contributed by atoms with E-state index >= 15 is 0 Å². The van der Waals surface area contributed by atoms with Crippen molar-refractivity contribution in [2.24, 2.45) is 0 Å². The van der Waals surface area contributed by atoms with Crippen LogP contribution in [-0.4, -0.2) is 10.1 Å². The number of fused-ring (bicyclic) bond motifs is 1. The number of aromatic nitrogens is 1. The Morgan fingerprint density at radius 1 is 1.00 bits per heavy atom. The van der Waals surface area contributed by atoms with Gasteiger partial charge < -0.3 is 10.1 Å². The number of aliphatic hydroxyl groups is 1. The van der Waals surface area contributed by atoms with E-state index in [2.05, 4.69) is 39.1 Å². The summed E-state index contributed by atoms with van der Waals surface area (Å²) in [5, 5.41) is 10.6. The third-order valence-corrected chi connectivity index (χ3v) is 3.89. The normalized spacial score (nSPS) is 11.1. The molecule has 2 aromatic carbocycles. The Kier molecular flexibility index (Phi) is 3.40. The number of hydrogen-bond acceptors (Lipinski definition) is 1. The van der Waals surface area contributed by atoms with E-state index in [4.69, 9.17) is 0 Å². The molecule has 0 radical (unpaired) electrons. The van der Waals surface area contributed by atoms with E-state index in [0.29, 0.717) is 0 Å². The highest BCUT2D eigenvalue weighted by Crippen LogP contribution is 2.25. The van der Waals surface area contributed by atoms with E-state index < -0.39 is 0 Å². The molecule has 3 aromatic rings. The Bertz CT molecular complexity index is 718. The zero-order valence-corrected chi connectivity index (χ0v) is 11.9. The van der Waals surface area contributed by atoms with Gasteiger partial charge in [0.2, 0.25) is 0 Å². The summed E-state index contributed by atoms with van der Waals surface area (Å²) in [6, 6.07) is 14.2. The molecule has 1 aromatic heterocycles. The van der Waals surface area contributed by atoms with Crippen molar-refractivity contribution in [1.29, 1.82) is 0 Å². The average Bonchev–Trinajstić information content (AvgIpc) is 2.82. The van der Waals surface area contributed by atoms with Gasteiger partial charge in [-0.25, -0.2) is 0 Å². The summed E-state index contributed by atoms with van der Waals surface area (Å²) in [7, 11) is 0. The zero-order valence-electron chi connectivity index (χ0n) is 10.4. The van der Waals surface area contributed by atoms with Gasteiger partial charge in [0.15, 0.2) is 0 Å². The van der Waals surface area contributed by atoms with Gasteiger partial charge in [0.05, 0.1) is 6.61 Å². The van der Waals surface area contributed by atoms with Gasteiger partial charge in [-0.15, -0.1) is 0 Å². The molecule has 0 atom stereocenters. The molecule has 0 aliphatic rings. The maximum Gasteiger partial charge on any atom is 0.0684 e. The lowest BCUT2D eigenvalue weighted by Gasteiger charge is -2.06. The maximum atomic E-state index is 9.39. The molecule has 3 heteroatoms. The minimum atomic E-state index is 0.0855. The van der Waals surface area contributed by atoms with Crippen LogP contribution in [-0.2, 0) is 13.0 Å². The van der Waals surface area contributed by atoms with E-state index in [-0.39, 0.29) is 6.61 Å². The molecule has 2 nitrogen and oxygen atoms in total. The molecular weight excluding hydrogens is 302 g/mol. The Morgan fingerprint density at radius 2 is 1.79 bits per heavy atom. The molecule has 0 fully saturated rings. The first-order valence-corrected chi connectivity index (χ1v) is 7.00. The fourth-order valence-electron chi connectivity index (χ4n) is 2.39. The van der Waals surface area contributed by atoms with Gasteiger partial charge in [-0.2, -0.15) is 0 Å². The van der Waals surface area contributed by atoms with Gasteiger partial charge in [0.25, 0.3) is 0 Å².